The quantitative estimate of drug-likeness (QED) is 0.582. The van der Waals surface area contributed by atoms with Crippen LogP contribution in [0, 0.1) is 0 Å². The molecule has 0 aliphatic heterocycles. The van der Waals surface area contributed by atoms with E-state index in [2.05, 4.69) is 15.4 Å². The second kappa shape index (κ2) is 9.59. The molecule has 0 spiro atoms. The Hall–Kier alpha value is -2.29. The molecule has 1 atom stereocenters. The molecular formula is C18H22ClN3O4S. The van der Waals surface area contributed by atoms with E-state index in [1.54, 1.807) is 24.3 Å². The van der Waals surface area contributed by atoms with Gasteiger partial charge in [-0.1, -0.05) is 23.7 Å². The van der Waals surface area contributed by atoms with Crippen molar-refractivity contribution in [2.24, 2.45) is 0 Å². The van der Waals surface area contributed by atoms with Crippen molar-refractivity contribution < 1.29 is 17.9 Å². The molecule has 7 nitrogen and oxygen atoms in total. The Balaban J connectivity index is 1.77. The number of carbonyl (C=O) groups is 1. The molecule has 0 bridgehead atoms. The molecule has 2 rings (SSSR count). The number of hydrogen-bond donors (Lipinski definition) is 3. The maximum atomic E-state index is 12.2. The van der Waals surface area contributed by atoms with Gasteiger partial charge in [-0.05, 0) is 48.9 Å². The number of carbonyl (C=O) groups excluding carboxylic acids is 1. The van der Waals surface area contributed by atoms with Crippen molar-refractivity contribution in [2.75, 3.05) is 20.2 Å². The number of halogens is 1. The first-order valence-electron chi connectivity index (χ1n) is 8.25. The lowest BCUT2D eigenvalue weighted by molar-refractivity contribution is 0.238. The number of nitrogens with one attached hydrogen (secondary N) is 3. The third-order valence-corrected chi connectivity index (χ3v) is 5.48. The number of benzene rings is 2. The molecule has 2 aromatic carbocycles. The van der Waals surface area contributed by atoms with Crippen LogP contribution in [-0.2, 0) is 10.0 Å². The van der Waals surface area contributed by atoms with Crippen LogP contribution in [0.3, 0.4) is 0 Å². The molecule has 146 valence electrons. The van der Waals surface area contributed by atoms with E-state index in [9.17, 15) is 13.2 Å². The smallest absolute Gasteiger partial charge is 0.315 e. The van der Waals surface area contributed by atoms with E-state index in [0.717, 1.165) is 5.56 Å². The molecule has 2 amide bonds. The minimum Gasteiger partial charge on any atom is -0.497 e. The van der Waals surface area contributed by atoms with Gasteiger partial charge in [0.2, 0.25) is 10.0 Å². The molecule has 0 saturated carbocycles. The highest BCUT2D eigenvalue weighted by Crippen LogP contribution is 2.17. The lowest BCUT2D eigenvalue weighted by Crippen LogP contribution is -2.41. The summed E-state index contributed by atoms with van der Waals surface area (Å²) in [6, 6.07) is 12.6. The summed E-state index contributed by atoms with van der Waals surface area (Å²) < 4.78 is 31.8. The summed E-state index contributed by atoms with van der Waals surface area (Å²) in [5.41, 5.74) is 0.873. The molecule has 2 aromatic rings. The van der Waals surface area contributed by atoms with E-state index in [-0.39, 0.29) is 24.0 Å². The summed E-state index contributed by atoms with van der Waals surface area (Å²) in [6.45, 7) is 2.04. The number of urea groups is 1. The summed E-state index contributed by atoms with van der Waals surface area (Å²) in [4.78, 5) is 12.1. The van der Waals surface area contributed by atoms with E-state index in [1.165, 1.54) is 19.2 Å². The summed E-state index contributed by atoms with van der Waals surface area (Å²) >= 11 is 5.94. The first kappa shape index (κ1) is 21.0. The molecule has 0 radical (unpaired) electrons. The molecule has 9 heteroatoms. The fourth-order valence-corrected chi connectivity index (χ4v) is 3.54. The molecule has 0 aliphatic rings. The zero-order chi connectivity index (χ0) is 19.9. The highest BCUT2D eigenvalue weighted by atomic mass is 35.5. The third-order valence-electron chi connectivity index (χ3n) is 3.77. The first-order chi connectivity index (χ1) is 12.8. The van der Waals surface area contributed by atoms with Gasteiger partial charge < -0.3 is 15.4 Å². The number of sulfonamides is 1. The van der Waals surface area contributed by atoms with E-state index >= 15 is 0 Å². The number of ether oxygens (including phenoxy) is 1. The van der Waals surface area contributed by atoms with E-state index < -0.39 is 16.1 Å². The lowest BCUT2D eigenvalue weighted by Gasteiger charge is -2.15. The van der Waals surface area contributed by atoms with Gasteiger partial charge in [0.25, 0.3) is 0 Å². The van der Waals surface area contributed by atoms with Gasteiger partial charge in [-0.15, -0.1) is 0 Å². The van der Waals surface area contributed by atoms with Gasteiger partial charge in [-0.25, -0.2) is 17.9 Å². The second-order valence-corrected chi connectivity index (χ2v) is 7.95. The van der Waals surface area contributed by atoms with E-state index in [0.29, 0.717) is 10.8 Å². The van der Waals surface area contributed by atoms with Crippen LogP contribution < -0.4 is 20.1 Å². The van der Waals surface area contributed by atoms with Crippen molar-refractivity contribution >= 4 is 27.7 Å². The van der Waals surface area contributed by atoms with Crippen molar-refractivity contribution in [1.82, 2.24) is 15.4 Å². The molecule has 0 heterocycles. The Bertz CT molecular complexity index is 872. The standard InChI is InChI=1S/C18H22ClN3O4S/c1-13(14-4-3-5-15(19)12-14)22-18(23)20-10-11-21-27(24,25)17-8-6-16(26-2)7-9-17/h3-9,12-13,21H,10-11H2,1-2H3,(H2,20,22,23)/t13-/m0/s1. The Morgan fingerprint density at radius 2 is 1.85 bits per heavy atom. The van der Waals surface area contributed by atoms with Gasteiger partial charge >= 0.3 is 6.03 Å². The zero-order valence-corrected chi connectivity index (χ0v) is 16.6. The summed E-state index contributed by atoms with van der Waals surface area (Å²) in [5, 5.41) is 5.97. The average Bonchev–Trinajstić information content (AvgIpc) is 2.65. The predicted octanol–water partition coefficient (Wildman–Crippen LogP) is 2.69. The number of methoxy groups -OCH3 is 1. The van der Waals surface area contributed by atoms with Crippen LogP contribution in [0.25, 0.3) is 0 Å². The molecule has 0 aromatic heterocycles. The molecule has 0 aliphatic carbocycles. The minimum absolute atomic E-state index is 0.0628. The van der Waals surface area contributed by atoms with Gasteiger partial charge in [0.1, 0.15) is 5.75 Å². The van der Waals surface area contributed by atoms with Crippen LogP contribution in [0.5, 0.6) is 5.75 Å². The van der Waals surface area contributed by atoms with Crippen LogP contribution in [0.1, 0.15) is 18.5 Å². The largest absolute Gasteiger partial charge is 0.497 e. The highest BCUT2D eigenvalue weighted by molar-refractivity contribution is 7.89. The van der Waals surface area contributed by atoms with Crippen molar-refractivity contribution in [3.8, 4) is 5.75 Å². The van der Waals surface area contributed by atoms with Crippen molar-refractivity contribution in [3.63, 3.8) is 0 Å². The Kier molecular flexibility index (Phi) is 7.46. The van der Waals surface area contributed by atoms with Gasteiger partial charge in [0, 0.05) is 18.1 Å². The van der Waals surface area contributed by atoms with Gasteiger partial charge in [0.15, 0.2) is 0 Å². The Labute approximate surface area is 164 Å². The summed E-state index contributed by atoms with van der Waals surface area (Å²) in [6.07, 6.45) is 0. The lowest BCUT2D eigenvalue weighted by atomic mass is 10.1. The van der Waals surface area contributed by atoms with Crippen molar-refractivity contribution in [2.45, 2.75) is 17.9 Å². The van der Waals surface area contributed by atoms with E-state index in [1.807, 2.05) is 19.1 Å². The van der Waals surface area contributed by atoms with E-state index in [4.69, 9.17) is 16.3 Å². The Morgan fingerprint density at radius 3 is 2.48 bits per heavy atom. The van der Waals surface area contributed by atoms with Gasteiger partial charge in [0.05, 0.1) is 18.0 Å². The summed E-state index contributed by atoms with van der Waals surface area (Å²) in [7, 11) is -2.14. The number of hydrogen-bond acceptors (Lipinski definition) is 4. The van der Waals surface area contributed by atoms with Crippen molar-refractivity contribution in [3.05, 3.63) is 59.1 Å². The highest BCUT2D eigenvalue weighted by Gasteiger charge is 2.14. The number of rotatable bonds is 8. The zero-order valence-electron chi connectivity index (χ0n) is 15.0. The van der Waals surface area contributed by atoms with Crippen molar-refractivity contribution in [1.29, 1.82) is 0 Å². The maximum Gasteiger partial charge on any atom is 0.315 e. The monoisotopic (exact) mass is 411 g/mol. The topological polar surface area (TPSA) is 96.5 Å². The van der Waals surface area contributed by atoms with Gasteiger partial charge in [-0.2, -0.15) is 0 Å². The van der Waals surface area contributed by atoms with Crippen LogP contribution in [0.4, 0.5) is 4.79 Å². The van der Waals surface area contributed by atoms with Crippen LogP contribution in [0.15, 0.2) is 53.4 Å². The molecular weight excluding hydrogens is 390 g/mol. The second-order valence-electron chi connectivity index (χ2n) is 5.75. The molecule has 27 heavy (non-hydrogen) atoms. The first-order valence-corrected chi connectivity index (χ1v) is 10.1. The Morgan fingerprint density at radius 1 is 1.15 bits per heavy atom. The summed E-state index contributed by atoms with van der Waals surface area (Å²) in [5.74, 6) is 0.570. The molecule has 3 N–H and O–H groups in total. The SMILES string of the molecule is COc1ccc(S(=O)(=O)NCCNC(=O)N[C@@H](C)c2cccc(Cl)c2)cc1. The fraction of sp³-hybridized carbons (Fsp3) is 0.278. The molecule has 0 unspecified atom stereocenters. The molecule has 0 fully saturated rings. The van der Waals surface area contributed by atoms with Crippen LogP contribution >= 0.6 is 11.6 Å². The number of amides is 2. The predicted molar refractivity (Wildman–Crippen MR) is 105 cm³/mol. The average molecular weight is 412 g/mol. The van der Waals surface area contributed by atoms with Gasteiger partial charge in [-0.3, -0.25) is 0 Å². The minimum atomic E-state index is -3.65. The van der Waals surface area contributed by atoms with Crippen LogP contribution in [-0.4, -0.2) is 34.6 Å². The molecule has 0 saturated heterocycles. The fourth-order valence-electron chi connectivity index (χ4n) is 2.31. The third kappa shape index (κ3) is 6.42. The van der Waals surface area contributed by atoms with Crippen LogP contribution in [0.2, 0.25) is 5.02 Å². The maximum absolute atomic E-state index is 12.2. The normalized spacial score (nSPS) is 12.3.